The normalized spacial score (nSPS) is 25.0. The van der Waals surface area contributed by atoms with Crippen LogP contribution in [0.2, 0.25) is 0 Å². The third-order valence-electron chi connectivity index (χ3n) is 2.88. The molecule has 2 amide bonds. The fourth-order valence-corrected chi connectivity index (χ4v) is 1.67. The number of carbonyl (C=O) groups is 2. The number of aliphatic imine (C=N–C) groups is 1. The Bertz CT molecular complexity index is 468. The summed E-state index contributed by atoms with van der Waals surface area (Å²) in [6.45, 7) is 1.74. The van der Waals surface area contributed by atoms with Gasteiger partial charge >= 0.3 is 0 Å². The zero-order valence-electron chi connectivity index (χ0n) is 9.64. The van der Waals surface area contributed by atoms with E-state index in [1.807, 2.05) is 30.3 Å². The van der Waals surface area contributed by atoms with Crippen LogP contribution in [0, 0.1) is 0 Å². The standard InChI is InChI=1S/C13H14N2O2/c1-13(8-7-11(16)15-12(13)17)14-9-10-5-3-2-4-6-10/h2-6,9H,7-8H2,1H3,(H,15,16,17)/b14-9+. The number of amides is 2. The Morgan fingerprint density at radius 3 is 2.65 bits per heavy atom. The van der Waals surface area contributed by atoms with Gasteiger partial charge in [0.05, 0.1) is 0 Å². The van der Waals surface area contributed by atoms with Crippen molar-refractivity contribution in [2.45, 2.75) is 25.3 Å². The van der Waals surface area contributed by atoms with Gasteiger partial charge in [-0.2, -0.15) is 0 Å². The molecule has 0 radical (unpaired) electrons. The lowest BCUT2D eigenvalue weighted by Gasteiger charge is -2.27. The molecule has 1 unspecified atom stereocenters. The van der Waals surface area contributed by atoms with Crippen LogP contribution in [-0.2, 0) is 9.59 Å². The molecule has 0 aliphatic carbocycles. The van der Waals surface area contributed by atoms with Crippen LogP contribution in [0.5, 0.6) is 0 Å². The summed E-state index contributed by atoms with van der Waals surface area (Å²) in [5.74, 6) is -0.539. The predicted molar refractivity (Wildman–Crippen MR) is 64.8 cm³/mol. The van der Waals surface area contributed by atoms with E-state index >= 15 is 0 Å². The highest BCUT2D eigenvalue weighted by atomic mass is 16.2. The number of nitrogens with zero attached hydrogens (tertiary/aromatic N) is 1. The first-order valence-corrected chi connectivity index (χ1v) is 5.55. The first-order chi connectivity index (χ1) is 8.10. The molecule has 1 aromatic carbocycles. The number of nitrogens with one attached hydrogen (secondary N) is 1. The number of piperidine rings is 1. The maximum absolute atomic E-state index is 11.7. The Morgan fingerprint density at radius 1 is 1.29 bits per heavy atom. The van der Waals surface area contributed by atoms with Gasteiger partial charge in [-0.3, -0.25) is 19.9 Å². The highest BCUT2D eigenvalue weighted by Crippen LogP contribution is 2.21. The molecule has 1 N–H and O–H groups in total. The minimum atomic E-state index is -0.830. The van der Waals surface area contributed by atoms with Crippen LogP contribution in [0.1, 0.15) is 25.3 Å². The van der Waals surface area contributed by atoms with Gasteiger partial charge in [0.1, 0.15) is 5.54 Å². The summed E-state index contributed by atoms with van der Waals surface area (Å²) in [6.07, 6.45) is 2.48. The summed E-state index contributed by atoms with van der Waals surface area (Å²) in [5.41, 5.74) is 0.113. The van der Waals surface area contributed by atoms with Gasteiger partial charge in [0.15, 0.2) is 0 Å². The fraction of sp³-hybridized carbons (Fsp3) is 0.308. The molecule has 1 aromatic rings. The van der Waals surface area contributed by atoms with Crippen molar-refractivity contribution < 1.29 is 9.59 Å². The van der Waals surface area contributed by atoms with Gasteiger partial charge in [0.25, 0.3) is 5.91 Å². The van der Waals surface area contributed by atoms with E-state index in [9.17, 15) is 9.59 Å². The third kappa shape index (κ3) is 2.58. The Balaban J connectivity index is 2.15. The van der Waals surface area contributed by atoms with Crippen molar-refractivity contribution in [2.75, 3.05) is 0 Å². The topological polar surface area (TPSA) is 58.5 Å². The second-order valence-electron chi connectivity index (χ2n) is 4.32. The van der Waals surface area contributed by atoms with Gasteiger partial charge < -0.3 is 0 Å². The maximum atomic E-state index is 11.7. The molecule has 2 rings (SSSR count). The molecule has 1 atom stereocenters. The van der Waals surface area contributed by atoms with Crippen LogP contribution in [0.4, 0.5) is 0 Å². The van der Waals surface area contributed by atoms with Crippen LogP contribution in [0.3, 0.4) is 0 Å². The van der Waals surface area contributed by atoms with Crippen molar-refractivity contribution in [1.29, 1.82) is 0 Å². The van der Waals surface area contributed by atoms with Gasteiger partial charge in [0.2, 0.25) is 5.91 Å². The van der Waals surface area contributed by atoms with E-state index in [-0.39, 0.29) is 11.8 Å². The van der Waals surface area contributed by atoms with E-state index in [0.717, 1.165) is 5.56 Å². The van der Waals surface area contributed by atoms with Crippen molar-refractivity contribution >= 4 is 18.0 Å². The van der Waals surface area contributed by atoms with E-state index in [1.165, 1.54) is 0 Å². The minimum absolute atomic E-state index is 0.220. The SMILES string of the molecule is CC1(/N=C/c2ccccc2)CCC(=O)NC1=O. The zero-order valence-corrected chi connectivity index (χ0v) is 9.64. The Hall–Kier alpha value is -1.97. The van der Waals surface area contributed by atoms with Gasteiger partial charge in [-0.15, -0.1) is 0 Å². The van der Waals surface area contributed by atoms with Crippen molar-refractivity contribution in [3.8, 4) is 0 Å². The van der Waals surface area contributed by atoms with Crippen LogP contribution < -0.4 is 5.32 Å². The monoisotopic (exact) mass is 230 g/mol. The number of carbonyl (C=O) groups excluding carboxylic acids is 2. The van der Waals surface area contributed by atoms with Crippen molar-refractivity contribution in [3.05, 3.63) is 35.9 Å². The molecular formula is C13H14N2O2. The van der Waals surface area contributed by atoms with Gasteiger partial charge in [-0.1, -0.05) is 30.3 Å². The molecule has 0 spiro atoms. The predicted octanol–water partition coefficient (Wildman–Crippen LogP) is 1.30. The molecule has 88 valence electrons. The van der Waals surface area contributed by atoms with Crippen molar-refractivity contribution in [2.24, 2.45) is 4.99 Å². The van der Waals surface area contributed by atoms with E-state index < -0.39 is 5.54 Å². The number of rotatable bonds is 2. The molecule has 1 aliphatic rings. The van der Waals surface area contributed by atoms with Crippen LogP contribution in [-0.4, -0.2) is 23.6 Å². The van der Waals surface area contributed by atoms with E-state index in [1.54, 1.807) is 13.1 Å². The van der Waals surface area contributed by atoms with Crippen molar-refractivity contribution in [1.82, 2.24) is 5.32 Å². The number of hydrogen-bond donors (Lipinski definition) is 1. The molecule has 4 heteroatoms. The lowest BCUT2D eigenvalue weighted by Crippen LogP contribution is -2.50. The smallest absolute Gasteiger partial charge is 0.254 e. The third-order valence-corrected chi connectivity index (χ3v) is 2.88. The van der Waals surface area contributed by atoms with Crippen LogP contribution >= 0.6 is 0 Å². The summed E-state index contributed by atoms with van der Waals surface area (Å²) in [4.78, 5) is 27.1. The van der Waals surface area contributed by atoms with E-state index in [0.29, 0.717) is 12.8 Å². The molecule has 4 nitrogen and oxygen atoms in total. The molecule has 0 saturated carbocycles. The van der Waals surface area contributed by atoms with Gasteiger partial charge in [0, 0.05) is 12.6 Å². The molecule has 17 heavy (non-hydrogen) atoms. The van der Waals surface area contributed by atoms with Crippen LogP contribution in [0.25, 0.3) is 0 Å². The summed E-state index contributed by atoms with van der Waals surface area (Å²) in [6, 6.07) is 9.57. The summed E-state index contributed by atoms with van der Waals surface area (Å²) in [5, 5.41) is 2.31. The molecular weight excluding hydrogens is 216 g/mol. The second kappa shape index (κ2) is 4.49. The summed E-state index contributed by atoms with van der Waals surface area (Å²) < 4.78 is 0. The largest absolute Gasteiger partial charge is 0.294 e. The second-order valence-corrected chi connectivity index (χ2v) is 4.32. The summed E-state index contributed by atoms with van der Waals surface area (Å²) >= 11 is 0. The average Bonchev–Trinajstić information content (AvgIpc) is 2.34. The quantitative estimate of drug-likeness (QED) is 0.615. The zero-order chi connectivity index (χ0) is 12.3. The maximum Gasteiger partial charge on any atom is 0.254 e. The molecule has 1 saturated heterocycles. The molecule has 1 heterocycles. The van der Waals surface area contributed by atoms with Crippen LogP contribution in [0.15, 0.2) is 35.3 Å². The first kappa shape index (κ1) is 11.5. The van der Waals surface area contributed by atoms with E-state index in [2.05, 4.69) is 10.3 Å². The van der Waals surface area contributed by atoms with Crippen molar-refractivity contribution in [3.63, 3.8) is 0 Å². The Kier molecular flexibility index (Phi) is 3.04. The number of imide groups is 1. The number of benzene rings is 1. The molecule has 0 bridgehead atoms. The molecule has 1 aliphatic heterocycles. The highest BCUT2D eigenvalue weighted by molar-refractivity contribution is 6.03. The first-order valence-electron chi connectivity index (χ1n) is 5.55. The Labute approximate surface area is 99.7 Å². The Morgan fingerprint density at radius 2 is 2.00 bits per heavy atom. The van der Waals surface area contributed by atoms with E-state index in [4.69, 9.17) is 0 Å². The lowest BCUT2D eigenvalue weighted by atomic mass is 9.92. The lowest BCUT2D eigenvalue weighted by molar-refractivity contribution is -0.136. The average molecular weight is 230 g/mol. The molecule has 1 fully saturated rings. The molecule has 0 aromatic heterocycles. The highest BCUT2D eigenvalue weighted by Gasteiger charge is 2.37. The summed E-state index contributed by atoms with van der Waals surface area (Å²) in [7, 11) is 0. The van der Waals surface area contributed by atoms with Gasteiger partial charge in [-0.05, 0) is 18.9 Å². The minimum Gasteiger partial charge on any atom is -0.294 e. The fourth-order valence-electron chi connectivity index (χ4n) is 1.67. The number of hydrogen-bond acceptors (Lipinski definition) is 3. The van der Waals surface area contributed by atoms with Gasteiger partial charge in [-0.25, -0.2) is 0 Å².